The fraction of sp³-hybridized carbons (Fsp3) is 0.240. The van der Waals surface area contributed by atoms with E-state index in [1.165, 1.54) is 12.1 Å². The highest BCUT2D eigenvalue weighted by Crippen LogP contribution is 2.27. The monoisotopic (exact) mass is 418 g/mol. The minimum Gasteiger partial charge on any atom is -0.494 e. The first-order valence-corrected chi connectivity index (χ1v) is 10.4. The number of Topliss-reactive ketones (excluding diaryl/α,β-unsaturated/α-hetero) is 1. The minimum atomic E-state index is -0.433. The highest BCUT2D eigenvalue weighted by Gasteiger charge is 2.18. The summed E-state index contributed by atoms with van der Waals surface area (Å²) in [5.41, 5.74) is 2.32. The molecule has 0 saturated carbocycles. The van der Waals surface area contributed by atoms with E-state index in [2.05, 4.69) is 12.2 Å². The third-order valence-corrected chi connectivity index (χ3v) is 4.95. The molecule has 1 N–H and O–H groups in total. The maximum atomic E-state index is 12.8. The topological polar surface area (TPSA) is 81.5 Å². The Kier molecular flexibility index (Phi) is 7.76. The molecular weight excluding hydrogens is 392 g/mol. The number of non-ortho nitro benzene ring substituents is 1. The Labute approximate surface area is 182 Å². The molecule has 31 heavy (non-hydrogen) atoms. The molecule has 0 aliphatic heterocycles. The maximum Gasteiger partial charge on any atom is 0.269 e. The molecule has 0 aliphatic carbocycles. The fourth-order valence-electron chi connectivity index (χ4n) is 3.19. The van der Waals surface area contributed by atoms with Crippen LogP contribution in [0.1, 0.15) is 48.1 Å². The molecule has 1 atom stereocenters. The zero-order valence-corrected chi connectivity index (χ0v) is 17.5. The van der Waals surface area contributed by atoms with E-state index in [9.17, 15) is 14.9 Å². The normalized spacial score (nSPS) is 11.5. The Morgan fingerprint density at radius 3 is 2.29 bits per heavy atom. The van der Waals surface area contributed by atoms with Gasteiger partial charge in [0.1, 0.15) is 5.75 Å². The van der Waals surface area contributed by atoms with Crippen molar-refractivity contribution in [2.45, 2.75) is 32.2 Å². The molecule has 0 aromatic heterocycles. The van der Waals surface area contributed by atoms with Crippen LogP contribution in [0.5, 0.6) is 5.75 Å². The number of nitrogens with one attached hydrogen (secondary N) is 1. The van der Waals surface area contributed by atoms with Gasteiger partial charge in [0.25, 0.3) is 5.69 Å². The fourth-order valence-corrected chi connectivity index (χ4v) is 3.19. The van der Waals surface area contributed by atoms with Crippen LogP contribution in [-0.2, 0) is 0 Å². The minimum absolute atomic E-state index is 0.0169. The molecule has 0 bridgehead atoms. The van der Waals surface area contributed by atoms with E-state index < -0.39 is 4.92 Å². The van der Waals surface area contributed by atoms with Crippen molar-refractivity contribution in [2.24, 2.45) is 0 Å². The van der Waals surface area contributed by atoms with E-state index in [0.29, 0.717) is 17.9 Å². The van der Waals surface area contributed by atoms with Crippen molar-refractivity contribution in [1.29, 1.82) is 0 Å². The number of hydrogen-bond donors (Lipinski definition) is 1. The van der Waals surface area contributed by atoms with E-state index in [1.807, 2.05) is 42.5 Å². The summed E-state index contributed by atoms with van der Waals surface area (Å²) in [6, 6.07) is 22.8. The van der Waals surface area contributed by atoms with Gasteiger partial charge in [0.2, 0.25) is 0 Å². The lowest BCUT2D eigenvalue weighted by molar-refractivity contribution is -0.384. The largest absolute Gasteiger partial charge is 0.494 e. The average Bonchev–Trinajstić information content (AvgIpc) is 2.80. The summed E-state index contributed by atoms with van der Waals surface area (Å²) in [6.07, 6.45) is 2.32. The molecule has 3 aromatic carbocycles. The van der Waals surface area contributed by atoms with Gasteiger partial charge >= 0.3 is 0 Å². The van der Waals surface area contributed by atoms with Gasteiger partial charge in [-0.15, -0.1) is 0 Å². The van der Waals surface area contributed by atoms with E-state index in [0.717, 1.165) is 24.2 Å². The van der Waals surface area contributed by atoms with Gasteiger partial charge in [0.05, 0.1) is 17.6 Å². The smallest absolute Gasteiger partial charge is 0.269 e. The first-order chi connectivity index (χ1) is 15.1. The molecular formula is C25H26N2O4. The van der Waals surface area contributed by atoms with Gasteiger partial charge in [-0.2, -0.15) is 0 Å². The highest BCUT2D eigenvalue weighted by molar-refractivity contribution is 5.96. The van der Waals surface area contributed by atoms with Gasteiger partial charge in [0, 0.05) is 29.8 Å². The van der Waals surface area contributed by atoms with Crippen LogP contribution in [0.2, 0.25) is 0 Å². The number of ether oxygens (including phenoxy) is 1. The van der Waals surface area contributed by atoms with Crippen molar-refractivity contribution >= 4 is 17.2 Å². The summed E-state index contributed by atoms with van der Waals surface area (Å²) in [7, 11) is 0. The number of nitro benzene ring substituents is 1. The Balaban J connectivity index is 1.79. The number of benzene rings is 3. The molecule has 0 heterocycles. The molecule has 3 aromatic rings. The highest BCUT2D eigenvalue weighted by atomic mass is 16.6. The third-order valence-electron chi connectivity index (χ3n) is 4.95. The van der Waals surface area contributed by atoms with Crippen molar-refractivity contribution in [3.63, 3.8) is 0 Å². The van der Waals surface area contributed by atoms with Crippen molar-refractivity contribution in [1.82, 2.24) is 0 Å². The number of nitrogens with zero attached hydrogens (tertiary/aromatic N) is 1. The van der Waals surface area contributed by atoms with Gasteiger partial charge in [0.15, 0.2) is 5.78 Å². The van der Waals surface area contributed by atoms with Gasteiger partial charge < -0.3 is 10.1 Å². The van der Waals surface area contributed by atoms with Crippen molar-refractivity contribution in [3.8, 4) is 5.75 Å². The van der Waals surface area contributed by atoms with Crippen molar-refractivity contribution < 1.29 is 14.5 Å². The zero-order valence-electron chi connectivity index (χ0n) is 17.5. The predicted molar refractivity (Wildman–Crippen MR) is 122 cm³/mol. The number of hydrogen-bond acceptors (Lipinski definition) is 5. The average molecular weight is 418 g/mol. The predicted octanol–water partition coefficient (Wildman–Crippen LogP) is 6.20. The summed E-state index contributed by atoms with van der Waals surface area (Å²) < 4.78 is 5.73. The molecule has 0 spiro atoms. The third kappa shape index (κ3) is 6.40. The van der Waals surface area contributed by atoms with Crippen LogP contribution >= 0.6 is 0 Å². The second kappa shape index (κ2) is 10.9. The van der Waals surface area contributed by atoms with Crippen LogP contribution in [0.4, 0.5) is 11.4 Å². The first kappa shape index (κ1) is 22.0. The van der Waals surface area contributed by atoms with Crippen LogP contribution in [0.3, 0.4) is 0 Å². The Morgan fingerprint density at radius 1 is 1.00 bits per heavy atom. The number of carbonyl (C=O) groups excluding carboxylic acids is 1. The first-order valence-electron chi connectivity index (χ1n) is 10.4. The van der Waals surface area contributed by atoms with Gasteiger partial charge in [-0.3, -0.25) is 14.9 Å². The molecule has 3 rings (SSSR count). The molecule has 0 saturated heterocycles. The summed E-state index contributed by atoms with van der Waals surface area (Å²) in [5, 5.41) is 14.3. The van der Waals surface area contributed by atoms with Gasteiger partial charge in [-0.25, -0.2) is 0 Å². The molecule has 6 nitrogen and oxygen atoms in total. The second-order valence-electron chi connectivity index (χ2n) is 7.27. The number of ketones is 1. The van der Waals surface area contributed by atoms with Crippen molar-refractivity contribution in [2.75, 3.05) is 11.9 Å². The van der Waals surface area contributed by atoms with Gasteiger partial charge in [-0.05, 0) is 36.2 Å². The number of carbonyl (C=O) groups is 1. The summed E-state index contributed by atoms with van der Waals surface area (Å²) >= 11 is 0. The Morgan fingerprint density at radius 2 is 1.68 bits per heavy atom. The molecule has 6 heteroatoms. The quantitative estimate of drug-likeness (QED) is 0.173. The van der Waals surface area contributed by atoms with E-state index in [-0.39, 0.29) is 23.9 Å². The van der Waals surface area contributed by atoms with E-state index in [4.69, 9.17) is 4.74 Å². The van der Waals surface area contributed by atoms with E-state index >= 15 is 0 Å². The van der Waals surface area contributed by atoms with Gasteiger partial charge in [-0.1, -0.05) is 55.8 Å². The van der Waals surface area contributed by atoms with Crippen molar-refractivity contribution in [3.05, 3.63) is 100 Å². The number of unbranched alkanes of at least 4 members (excludes halogenated alkanes) is 1. The van der Waals surface area contributed by atoms with Crippen LogP contribution in [0.25, 0.3) is 0 Å². The summed E-state index contributed by atoms with van der Waals surface area (Å²) in [6.45, 7) is 2.79. The maximum absolute atomic E-state index is 12.8. The summed E-state index contributed by atoms with van der Waals surface area (Å²) in [4.78, 5) is 23.3. The Hall–Kier alpha value is -3.67. The molecule has 0 unspecified atom stereocenters. The van der Waals surface area contributed by atoms with Crippen LogP contribution in [0.15, 0.2) is 78.9 Å². The number of nitro groups is 1. The molecule has 0 aliphatic rings. The molecule has 0 fully saturated rings. The zero-order chi connectivity index (χ0) is 22.1. The second-order valence-corrected chi connectivity index (χ2v) is 7.27. The SMILES string of the molecule is CCCCOc1ccc([C@H](CC(=O)c2ccccc2)Nc2ccc([N+](=O)[O-])cc2)cc1. The van der Waals surface area contributed by atoms with Crippen LogP contribution in [0, 0.1) is 10.1 Å². The lowest BCUT2D eigenvalue weighted by Crippen LogP contribution is -2.16. The Bertz CT molecular complexity index is 986. The lowest BCUT2D eigenvalue weighted by atomic mass is 9.97. The van der Waals surface area contributed by atoms with Crippen LogP contribution in [-0.4, -0.2) is 17.3 Å². The molecule has 0 radical (unpaired) electrons. The van der Waals surface area contributed by atoms with E-state index in [1.54, 1.807) is 24.3 Å². The standard InChI is InChI=1S/C25H26N2O4/c1-2-3-17-31-23-15-9-19(10-16-23)24(18-25(28)20-7-5-4-6-8-20)26-21-11-13-22(14-12-21)27(29)30/h4-16,24,26H,2-3,17-18H2,1H3/t24-/m0/s1. The number of anilines is 1. The molecule has 0 amide bonds. The lowest BCUT2D eigenvalue weighted by Gasteiger charge is -2.20. The molecule has 160 valence electrons. The van der Waals surface area contributed by atoms with Crippen LogP contribution < -0.4 is 10.1 Å². The number of rotatable bonds is 11. The summed E-state index contributed by atoms with van der Waals surface area (Å²) in [5.74, 6) is 0.809.